The van der Waals surface area contributed by atoms with Gasteiger partial charge in [0, 0.05) is 36.6 Å². The van der Waals surface area contributed by atoms with Crippen LogP contribution < -0.4 is 5.32 Å². The van der Waals surface area contributed by atoms with Gasteiger partial charge in [-0.15, -0.1) is 0 Å². The van der Waals surface area contributed by atoms with E-state index in [1.807, 2.05) is 19.3 Å². The molecule has 1 rings (SSSR count). The lowest BCUT2D eigenvalue weighted by molar-refractivity contribution is 0.847. The van der Waals surface area contributed by atoms with Crippen molar-refractivity contribution in [1.29, 1.82) is 0 Å². The molecule has 0 aliphatic carbocycles. The Labute approximate surface area is 104 Å². The number of aliphatic imine (C=N–C) groups is 1. The Morgan fingerprint density at radius 1 is 1.35 bits per heavy atom. The zero-order valence-corrected chi connectivity index (χ0v) is 11.3. The fourth-order valence-electron chi connectivity index (χ4n) is 1.58. The number of pyridine rings is 1. The number of hydrogen-bond donors (Lipinski definition) is 1. The van der Waals surface area contributed by atoms with Gasteiger partial charge in [-0.1, -0.05) is 19.4 Å². The van der Waals surface area contributed by atoms with Crippen LogP contribution in [-0.2, 0) is 0 Å². The van der Waals surface area contributed by atoms with Gasteiger partial charge in [0.05, 0.1) is 0 Å². The molecule has 1 aromatic rings. The van der Waals surface area contributed by atoms with Gasteiger partial charge >= 0.3 is 0 Å². The summed E-state index contributed by atoms with van der Waals surface area (Å²) in [6.45, 7) is 8.42. The van der Waals surface area contributed by atoms with Gasteiger partial charge in [-0.25, -0.2) is 0 Å². The van der Waals surface area contributed by atoms with Crippen molar-refractivity contribution in [2.45, 2.75) is 27.7 Å². The Morgan fingerprint density at radius 3 is 2.47 bits per heavy atom. The van der Waals surface area contributed by atoms with E-state index in [0.717, 1.165) is 17.1 Å². The van der Waals surface area contributed by atoms with Crippen molar-refractivity contribution < 1.29 is 0 Å². The van der Waals surface area contributed by atoms with Crippen molar-refractivity contribution in [3.8, 4) is 0 Å². The number of aromatic nitrogens is 1. The molecular formula is C14H21N3. The van der Waals surface area contributed by atoms with Gasteiger partial charge in [-0.2, -0.15) is 0 Å². The van der Waals surface area contributed by atoms with E-state index in [1.165, 1.54) is 5.57 Å². The highest BCUT2D eigenvalue weighted by Gasteiger charge is 2.09. The van der Waals surface area contributed by atoms with E-state index in [1.54, 1.807) is 6.20 Å². The highest BCUT2D eigenvalue weighted by Crippen LogP contribution is 2.15. The zero-order valence-electron chi connectivity index (χ0n) is 11.3. The van der Waals surface area contributed by atoms with Gasteiger partial charge in [0.15, 0.2) is 0 Å². The van der Waals surface area contributed by atoms with Gasteiger partial charge in [-0.05, 0) is 26.0 Å². The second kappa shape index (κ2) is 6.18. The first-order valence-electron chi connectivity index (χ1n) is 5.87. The lowest BCUT2D eigenvalue weighted by Gasteiger charge is -2.17. The van der Waals surface area contributed by atoms with Crippen LogP contribution in [0, 0.1) is 5.92 Å². The Morgan fingerprint density at radius 2 is 2.06 bits per heavy atom. The SMILES string of the molecule is CN=C(NC(=C(C)C)c1cccnc1)C(C)C. The standard InChI is InChI=1S/C14H21N3/c1-10(2)13(12-7-6-8-16-9-12)17-14(15-5)11(3)4/h6-9,11H,1-5H3,(H,15,17). The van der Waals surface area contributed by atoms with Crippen LogP contribution in [0.25, 0.3) is 5.70 Å². The van der Waals surface area contributed by atoms with Crippen LogP contribution in [0.3, 0.4) is 0 Å². The minimum Gasteiger partial charge on any atom is -0.343 e. The molecule has 0 unspecified atom stereocenters. The summed E-state index contributed by atoms with van der Waals surface area (Å²) in [5, 5.41) is 3.41. The maximum Gasteiger partial charge on any atom is 0.103 e. The summed E-state index contributed by atoms with van der Waals surface area (Å²) in [6.07, 6.45) is 3.65. The van der Waals surface area contributed by atoms with Crippen LogP contribution in [0.5, 0.6) is 0 Å². The number of nitrogens with one attached hydrogen (secondary N) is 1. The van der Waals surface area contributed by atoms with Crippen LogP contribution in [0.1, 0.15) is 33.3 Å². The molecule has 0 aliphatic rings. The maximum absolute atomic E-state index is 4.29. The molecule has 0 aliphatic heterocycles. The molecule has 0 saturated carbocycles. The molecule has 0 saturated heterocycles. The smallest absolute Gasteiger partial charge is 0.103 e. The summed E-state index contributed by atoms with van der Waals surface area (Å²) in [4.78, 5) is 8.44. The third-order valence-corrected chi connectivity index (χ3v) is 2.49. The van der Waals surface area contributed by atoms with Crippen LogP contribution >= 0.6 is 0 Å². The van der Waals surface area contributed by atoms with E-state index < -0.39 is 0 Å². The van der Waals surface area contributed by atoms with Crippen molar-refractivity contribution in [3.05, 3.63) is 35.7 Å². The van der Waals surface area contributed by atoms with E-state index >= 15 is 0 Å². The van der Waals surface area contributed by atoms with E-state index in [2.05, 4.69) is 49.1 Å². The van der Waals surface area contributed by atoms with Crippen molar-refractivity contribution >= 4 is 11.5 Å². The number of nitrogens with zero attached hydrogens (tertiary/aromatic N) is 2. The molecule has 17 heavy (non-hydrogen) atoms. The number of allylic oxidation sites excluding steroid dienone is 1. The van der Waals surface area contributed by atoms with Crippen LogP contribution in [-0.4, -0.2) is 17.9 Å². The fraction of sp³-hybridized carbons (Fsp3) is 0.429. The summed E-state index contributed by atoms with van der Waals surface area (Å²) in [5.41, 5.74) is 3.40. The molecule has 1 heterocycles. The molecular weight excluding hydrogens is 210 g/mol. The first-order valence-corrected chi connectivity index (χ1v) is 5.87. The van der Waals surface area contributed by atoms with Crippen LogP contribution in [0.4, 0.5) is 0 Å². The quantitative estimate of drug-likeness (QED) is 0.641. The molecule has 3 heteroatoms. The highest BCUT2D eigenvalue weighted by molar-refractivity contribution is 5.92. The van der Waals surface area contributed by atoms with E-state index in [-0.39, 0.29) is 0 Å². The Balaban J connectivity index is 3.03. The summed E-state index contributed by atoms with van der Waals surface area (Å²) in [6, 6.07) is 3.99. The molecule has 0 amide bonds. The Bertz CT molecular complexity index is 412. The van der Waals surface area contributed by atoms with Gasteiger partial charge in [0.25, 0.3) is 0 Å². The Kier molecular flexibility index (Phi) is 4.88. The van der Waals surface area contributed by atoms with Gasteiger partial charge < -0.3 is 5.32 Å². The van der Waals surface area contributed by atoms with Gasteiger partial charge in [0.2, 0.25) is 0 Å². The van der Waals surface area contributed by atoms with Crippen molar-refractivity contribution in [2.24, 2.45) is 10.9 Å². The normalized spacial score (nSPS) is 11.5. The maximum atomic E-state index is 4.29. The van der Waals surface area contributed by atoms with Crippen molar-refractivity contribution in [2.75, 3.05) is 7.05 Å². The van der Waals surface area contributed by atoms with Crippen molar-refractivity contribution in [3.63, 3.8) is 0 Å². The van der Waals surface area contributed by atoms with E-state index in [0.29, 0.717) is 5.92 Å². The molecule has 0 spiro atoms. The second-order valence-electron chi connectivity index (χ2n) is 4.51. The molecule has 0 fully saturated rings. The molecule has 92 valence electrons. The average molecular weight is 231 g/mol. The second-order valence-corrected chi connectivity index (χ2v) is 4.51. The third-order valence-electron chi connectivity index (χ3n) is 2.49. The molecule has 0 atom stereocenters. The van der Waals surface area contributed by atoms with E-state index in [9.17, 15) is 0 Å². The predicted molar refractivity (Wildman–Crippen MR) is 73.8 cm³/mol. The molecule has 0 aromatic carbocycles. The minimum atomic E-state index is 0.381. The fourth-order valence-corrected chi connectivity index (χ4v) is 1.58. The predicted octanol–water partition coefficient (Wildman–Crippen LogP) is 3.11. The topological polar surface area (TPSA) is 37.3 Å². The summed E-state index contributed by atoms with van der Waals surface area (Å²) in [7, 11) is 1.81. The highest BCUT2D eigenvalue weighted by atomic mass is 15.0. The molecule has 1 aromatic heterocycles. The zero-order chi connectivity index (χ0) is 12.8. The summed E-state index contributed by atoms with van der Waals surface area (Å²) in [5.74, 6) is 1.37. The number of hydrogen-bond acceptors (Lipinski definition) is 2. The number of amidine groups is 1. The summed E-state index contributed by atoms with van der Waals surface area (Å²) >= 11 is 0. The molecule has 0 bridgehead atoms. The van der Waals surface area contributed by atoms with Crippen LogP contribution in [0.2, 0.25) is 0 Å². The summed E-state index contributed by atoms with van der Waals surface area (Å²) < 4.78 is 0. The van der Waals surface area contributed by atoms with Crippen LogP contribution in [0.15, 0.2) is 35.1 Å². The van der Waals surface area contributed by atoms with E-state index in [4.69, 9.17) is 0 Å². The van der Waals surface area contributed by atoms with Gasteiger partial charge in [0.1, 0.15) is 5.84 Å². The lowest BCUT2D eigenvalue weighted by Crippen LogP contribution is -2.27. The van der Waals surface area contributed by atoms with Crippen molar-refractivity contribution in [1.82, 2.24) is 10.3 Å². The third kappa shape index (κ3) is 3.70. The average Bonchev–Trinajstić information content (AvgIpc) is 2.30. The number of rotatable bonds is 3. The molecule has 1 N–H and O–H groups in total. The largest absolute Gasteiger partial charge is 0.343 e. The molecule has 3 nitrogen and oxygen atoms in total. The lowest BCUT2D eigenvalue weighted by atomic mass is 10.1. The van der Waals surface area contributed by atoms with Gasteiger partial charge in [-0.3, -0.25) is 9.98 Å². The minimum absolute atomic E-state index is 0.381. The molecule has 0 radical (unpaired) electrons. The Hall–Kier alpha value is -1.64. The first kappa shape index (κ1) is 13.4. The monoisotopic (exact) mass is 231 g/mol. The first-order chi connectivity index (χ1) is 8.06.